The Morgan fingerprint density at radius 3 is 2.43 bits per heavy atom. The van der Waals surface area contributed by atoms with Crippen LogP contribution < -0.4 is 5.73 Å². The van der Waals surface area contributed by atoms with Gasteiger partial charge in [0.05, 0.1) is 5.25 Å². The maximum Gasteiger partial charge on any atom is 0.217 e. The van der Waals surface area contributed by atoms with Crippen molar-refractivity contribution in [1.29, 1.82) is 0 Å². The van der Waals surface area contributed by atoms with Crippen LogP contribution in [0, 0.1) is 5.92 Å². The van der Waals surface area contributed by atoms with Crippen LogP contribution in [0.15, 0.2) is 0 Å². The lowest BCUT2D eigenvalue weighted by atomic mass is 10.0. The molecule has 0 bridgehead atoms. The van der Waals surface area contributed by atoms with Crippen molar-refractivity contribution in [2.45, 2.75) is 37.5 Å². The summed E-state index contributed by atoms with van der Waals surface area (Å²) in [6.45, 7) is 3.24. The van der Waals surface area contributed by atoms with Gasteiger partial charge in [-0.1, -0.05) is 0 Å². The molecule has 82 valence electrons. The molecule has 14 heavy (non-hydrogen) atoms. The number of hydrogen-bond donors (Lipinski definition) is 1. The van der Waals surface area contributed by atoms with E-state index in [-0.39, 0.29) is 11.3 Å². The van der Waals surface area contributed by atoms with Gasteiger partial charge in [-0.3, -0.25) is 0 Å². The summed E-state index contributed by atoms with van der Waals surface area (Å²) >= 11 is 0. The van der Waals surface area contributed by atoms with Gasteiger partial charge in [0.1, 0.15) is 0 Å². The van der Waals surface area contributed by atoms with Gasteiger partial charge in [0.25, 0.3) is 0 Å². The fraction of sp³-hybridized carbons (Fsp3) is 1.00. The molecule has 0 aromatic carbocycles. The van der Waals surface area contributed by atoms with Gasteiger partial charge in [-0.2, -0.15) is 4.31 Å². The van der Waals surface area contributed by atoms with Gasteiger partial charge in [-0.05, 0) is 38.6 Å². The van der Waals surface area contributed by atoms with Crippen molar-refractivity contribution < 1.29 is 8.42 Å². The fourth-order valence-electron chi connectivity index (χ4n) is 2.20. The van der Waals surface area contributed by atoms with E-state index in [0.29, 0.717) is 19.0 Å². The van der Waals surface area contributed by atoms with Gasteiger partial charge in [0.15, 0.2) is 0 Å². The van der Waals surface area contributed by atoms with Crippen molar-refractivity contribution in [3.63, 3.8) is 0 Å². The van der Waals surface area contributed by atoms with Gasteiger partial charge in [0.2, 0.25) is 10.0 Å². The van der Waals surface area contributed by atoms with Crippen LogP contribution in [0.2, 0.25) is 0 Å². The molecule has 1 saturated carbocycles. The molecule has 1 saturated heterocycles. The number of nitrogens with two attached hydrogens (primary N) is 1. The molecular weight excluding hydrogens is 200 g/mol. The van der Waals surface area contributed by atoms with Crippen molar-refractivity contribution in [3.05, 3.63) is 0 Å². The van der Waals surface area contributed by atoms with Gasteiger partial charge < -0.3 is 5.73 Å². The second kappa shape index (κ2) is 3.47. The average Bonchev–Trinajstić information content (AvgIpc) is 2.90. The van der Waals surface area contributed by atoms with Crippen LogP contribution in [0.1, 0.15) is 26.2 Å². The Bertz CT molecular complexity index is 311. The van der Waals surface area contributed by atoms with E-state index in [1.807, 2.05) is 6.92 Å². The summed E-state index contributed by atoms with van der Waals surface area (Å²) in [6.07, 6.45) is 2.61. The van der Waals surface area contributed by atoms with Gasteiger partial charge in [-0.25, -0.2) is 8.42 Å². The van der Waals surface area contributed by atoms with E-state index in [2.05, 4.69) is 0 Å². The average molecular weight is 218 g/mol. The van der Waals surface area contributed by atoms with Crippen LogP contribution in [0.3, 0.4) is 0 Å². The topological polar surface area (TPSA) is 63.4 Å². The highest BCUT2D eigenvalue weighted by Crippen LogP contribution is 2.36. The highest BCUT2D eigenvalue weighted by Gasteiger charge is 2.45. The Balaban J connectivity index is 2.12. The molecule has 2 rings (SSSR count). The quantitative estimate of drug-likeness (QED) is 0.733. The molecule has 2 aliphatic rings. The predicted octanol–water partition coefficient (Wildman–Crippen LogP) is 0.148. The van der Waals surface area contributed by atoms with Gasteiger partial charge >= 0.3 is 0 Å². The van der Waals surface area contributed by atoms with Gasteiger partial charge in [-0.15, -0.1) is 0 Å². The molecule has 0 spiro atoms. The largest absolute Gasteiger partial charge is 0.330 e. The van der Waals surface area contributed by atoms with Crippen LogP contribution in [0.5, 0.6) is 0 Å². The van der Waals surface area contributed by atoms with Crippen molar-refractivity contribution in [3.8, 4) is 0 Å². The summed E-state index contributed by atoms with van der Waals surface area (Å²) in [6, 6.07) is 0.102. The second-order valence-corrected chi connectivity index (χ2v) is 6.55. The fourth-order valence-corrected chi connectivity index (χ4v) is 4.31. The highest BCUT2D eigenvalue weighted by molar-refractivity contribution is 7.90. The molecule has 1 heterocycles. The third-order valence-electron chi connectivity index (χ3n) is 3.43. The zero-order valence-electron chi connectivity index (χ0n) is 8.52. The standard InChI is InChI=1S/C9H18N2O2S/c1-7-8(6-10)4-5-11(7)14(12,13)9-2-3-9/h7-9H,2-6,10H2,1H3. The molecule has 0 amide bonds. The number of sulfonamides is 1. The first-order valence-corrected chi connectivity index (χ1v) is 6.78. The number of rotatable bonds is 3. The summed E-state index contributed by atoms with van der Waals surface area (Å²) in [7, 11) is -2.98. The van der Waals surface area contributed by atoms with Crippen molar-refractivity contribution in [2.75, 3.05) is 13.1 Å². The molecule has 1 aliphatic carbocycles. The minimum absolute atomic E-state index is 0.0820. The first-order chi connectivity index (χ1) is 6.57. The molecule has 0 aromatic heterocycles. The summed E-state index contributed by atoms with van der Waals surface area (Å²) in [5, 5.41) is -0.0820. The highest BCUT2D eigenvalue weighted by atomic mass is 32.2. The first-order valence-electron chi connectivity index (χ1n) is 5.28. The summed E-state index contributed by atoms with van der Waals surface area (Å²) in [5.41, 5.74) is 5.60. The summed E-state index contributed by atoms with van der Waals surface area (Å²) in [5.74, 6) is 0.350. The summed E-state index contributed by atoms with van der Waals surface area (Å²) < 4.78 is 25.6. The third-order valence-corrected chi connectivity index (χ3v) is 5.91. The van der Waals surface area contributed by atoms with E-state index in [9.17, 15) is 8.42 Å². The SMILES string of the molecule is CC1C(CN)CCN1S(=O)(=O)C1CC1. The minimum Gasteiger partial charge on any atom is -0.330 e. The van der Waals surface area contributed by atoms with Crippen LogP contribution in [-0.2, 0) is 10.0 Å². The van der Waals surface area contributed by atoms with E-state index < -0.39 is 10.0 Å². The normalized spacial score (nSPS) is 35.0. The lowest BCUT2D eigenvalue weighted by molar-refractivity contribution is 0.362. The molecule has 4 nitrogen and oxygen atoms in total. The van der Waals surface area contributed by atoms with Crippen LogP contribution in [0.25, 0.3) is 0 Å². The Kier molecular flexibility index (Phi) is 2.57. The molecule has 2 N–H and O–H groups in total. The second-order valence-electron chi connectivity index (χ2n) is 4.38. The van der Waals surface area contributed by atoms with E-state index in [0.717, 1.165) is 19.3 Å². The molecular formula is C9H18N2O2S. The molecule has 2 unspecified atom stereocenters. The Hall–Kier alpha value is -0.130. The Labute approximate surface area is 85.5 Å². The van der Waals surface area contributed by atoms with Crippen LogP contribution in [-0.4, -0.2) is 37.1 Å². The van der Waals surface area contributed by atoms with E-state index in [1.165, 1.54) is 0 Å². The third kappa shape index (κ3) is 1.57. The molecule has 5 heteroatoms. The van der Waals surface area contributed by atoms with Crippen LogP contribution >= 0.6 is 0 Å². The number of nitrogens with zero attached hydrogens (tertiary/aromatic N) is 1. The smallest absolute Gasteiger partial charge is 0.217 e. The van der Waals surface area contributed by atoms with Crippen LogP contribution in [0.4, 0.5) is 0 Å². The zero-order chi connectivity index (χ0) is 10.3. The van der Waals surface area contributed by atoms with Crippen molar-refractivity contribution in [2.24, 2.45) is 11.7 Å². The maximum atomic E-state index is 12.0. The van der Waals surface area contributed by atoms with Gasteiger partial charge in [0, 0.05) is 12.6 Å². The predicted molar refractivity (Wildman–Crippen MR) is 55.3 cm³/mol. The molecule has 0 radical (unpaired) electrons. The van der Waals surface area contributed by atoms with E-state index in [4.69, 9.17) is 5.73 Å². The molecule has 2 fully saturated rings. The van der Waals surface area contributed by atoms with Crippen molar-refractivity contribution >= 4 is 10.0 Å². The van der Waals surface area contributed by atoms with Crippen molar-refractivity contribution in [1.82, 2.24) is 4.31 Å². The number of hydrogen-bond acceptors (Lipinski definition) is 3. The molecule has 2 atom stereocenters. The lowest BCUT2D eigenvalue weighted by Gasteiger charge is -2.23. The Morgan fingerprint density at radius 2 is 2.00 bits per heavy atom. The maximum absolute atomic E-state index is 12.0. The molecule has 1 aliphatic heterocycles. The first kappa shape index (κ1) is 10.4. The monoisotopic (exact) mass is 218 g/mol. The van der Waals surface area contributed by atoms with E-state index >= 15 is 0 Å². The zero-order valence-corrected chi connectivity index (χ0v) is 9.33. The summed E-state index contributed by atoms with van der Waals surface area (Å²) in [4.78, 5) is 0. The lowest BCUT2D eigenvalue weighted by Crippen LogP contribution is -2.39. The molecule has 0 aromatic rings. The minimum atomic E-state index is -2.98. The van der Waals surface area contributed by atoms with E-state index in [1.54, 1.807) is 4.31 Å². The Morgan fingerprint density at radius 1 is 1.36 bits per heavy atom.